The Morgan fingerprint density at radius 2 is 2.00 bits per heavy atom. The molecule has 0 aliphatic rings. The standard InChI is InChI=1S/C10H23NS/c1-4-12-9-8-11-7-5-6-10(2)3/h10-11H,4-9H2,1-3H3. The summed E-state index contributed by atoms with van der Waals surface area (Å²) < 4.78 is 0. The summed E-state index contributed by atoms with van der Waals surface area (Å²) in [5.74, 6) is 3.36. The first-order valence-corrected chi connectivity index (χ1v) is 6.21. The molecule has 1 N–H and O–H groups in total. The van der Waals surface area contributed by atoms with E-state index in [4.69, 9.17) is 0 Å². The third kappa shape index (κ3) is 10.3. The highest BCUT2D eigenvalue weighted by Gasteiger charge is 1.92. The number of hydrogen-bond acceptors (Lipinski definition) is 2. The van der Waals surface area contributed by atoms with E-state index in [1.54, 1.807) is 0 Å². The maximum atomic E-state index is 3.45. The van der Waals surface area contributed by atoms with Crippen molar-refractivity contribution in [1.82, 2.24) is 5.32 Å². The lowest BCUT2D eigenvalue weighted by atomic mass is 10.1. The van der Waals surface area contributed by atoms with Gasteiger partial charge < -0.3 is 5.32 Å². The molecule has 0 bridgehead atoms. The summed E-state index contributed by atoms with van der Waals surface area (Å²) >= 11 is 2.01. The number of thioether (sulfide) groups is 1. The van der Waals surface area contributed by atoms with E-state index in [9.17, 15) is 0 Å². The topological polar surface area (TPSA) is 12.0 Å². The fourth-order valence-electron chi connectivity index (χ4n) is 1.05. The maximum Gasteiger partial charge on any atom is 0.00579 e. The molecule has 74 valence electrons. The van der Waals surface area contributed by atoms with Crippen LogP contribution in [0.25, 0.3) is 0 Å². The molecule has 0 aromatic heterocycles. The molecule has 0 aromatic rings. The lowest BCUT2D eigenvalue weighted by molar-refractivity contribution is 0.534. The molecule has 0 atom stereocenters. The van der Waals surface area contributed by atoms with Crippen molar-refractivity contribution in [2.24, 2.45) is 5.92 Å². The Kier molecular flexibility index (Phi) is 9.64. The van der Waals surface area contributed by atoms with Crippen molar-refractivity contribution in [3.05, 3.63) is 0 Å². The summed E-state index contributed by atoms with van der Waals surface area (Å²) in [5, 5.41) is 3.45. The van der Waals surface area contributed by atoms with Gasteiger partial charge in [-0.2, -0.15) is 11.8 Å². The zero-order chi connectivity index (χ0) is 9.23. The van der Waals surface area contributed by atoms with Gasteiger partial charge in [0.05, 0.1) is 0 Å². The minimum absolute atomic E-state index is 0.858. The van der Waals surface area contributed by atoms with Crippen LogP contribution in [0, 0.1) is 5.92 Å². The average molecular weight is 189 g/mol. The van der Waals surface area contributed by atoms with Crippen LogP contribution < -0.4 is 5.32 Å². The number of hydrogen-bond donors (Lipinski definition) is 1. The van der Waals surface area contributed by atoms with Crippen LogP contribution in [0.3, 0.4) is 0 Å². The molecule has 0 radical (unpaired) electrons. The molecule has 0 aliphatic heterocycles. The quantitative estimate of drug-likeness (QED) is 0.589. The van der Waals surface area contributed by atoms with Crippen molar-refractivity contribution in [3.8, 4) is 0 Å². The van der Waals surface area contributed by atoms with Crippen LogP contribution in [0.4, 0.5) is 0 Å². The van der Waals surface area contributed by atoms with Gasteiger partial charge in [-0.15, -0.1) is 0 Å². The summed E-state index contributed by atoms with van der Waals surface area (Å²) in [6, 6.07) is 0. The molecule has 2 heteroatoms. The normalized spacial score (nSPS) is 11.0. The van der Waals surface area contributed by atoms with E-state index in [2.05, 4.69) is 26.1 Å². The van der Waals surface area contributed by atoms with Crippen molar-refractivity contribution in [1.29, 1.82) is 0 Å². The third-order valence-corrected chi connectivity index (χ3v) is 2.66. The number of rotatable bonds is 8. The van der Waals surface area contributed by atoms with Crippen molar-refractivity contribution in [2.45, 2.75) is 33.6 Å². The van der Waals surface area contributed by atoms with Crippen LogP contribution in [0.2, 0.25) is 0 Å². The Balaban J connectivity index is 2.82. The Bertz CT molecular complexity index is 83.9. The van der Waals surface area contributed by atoms with Gasteiger partial charge in [0.15, 0.2) is 0 Å². The van der Waals surface area contributed by atoms with Gasteiger partial charge in [-0.25, -0.2) is 0 Å². The molecule has 12 heavy (non-hydrogen) atoms. The van der Waals surface area contributed by atoms with E-state index in [-0.39, 0.29) is 0 Å². The zero-order valence-corrected chi connectivity index (χ0v) is 9.54. The van der Waals surface area contributed by atoms with E-state index < -0.39 is 0 Å². The van der Waals surface area contributed by atoms with E-state index in [0.717, 1.165) is 5.92 Å². The van der Waals surface area contributed by atoms with Crippen LogP contribution in [0.15, 0.2) is 0 Å². The minimum Gasteiger partial charge on any atom is -0.316 e. The highest BCUT2D eigenvalue weighted by molar-refractivity contribution is 7.99. The Morgan fingerprint density at radius 1 is 1.25 bits per heavy atom. The molecule has 0 saturated heterocycles. The second kappa shape index (κ2) is 9.40. The smallest absolute Gasteiger partial charge is 0.00579 e. The first kappa shape index (κ1) is 12.3. The van der Waals surface area contributed by atoms with Gasteiger partial charge in [0, 0.05) is 12.3 Å². The maximum absolute atomic E-state index is 3.45. The highest BCUT2D eigenvalue weighted by Crippen LogP contribution is 2.01. The molecule has 0 heterocycles. The second-order valence-electron chi connectivity index (χ2n) is 3.48. The zero-order valence-electron chi connectivity index (χ0n) is 8.73. The molecule has 0 saturated carbocycles. The molecular weight excluding hydrogens is 166 g/mol. The molecular formula is C10H23NS. The predicted molar refractivity (Wildman–Crippen MR) is 59.9 cm³/mol. The van der Waals surface area contributed by atoms with Crippen molar-refractivity contribution >= 4 is 11.8 Å². The number of nitrogens with one attached hydrogen (secondary N) is 1. The molecule has 0 spiro atoms. The molecule has 0 rings (SSSR count). The predicted octanol–water partition coefficient (Wildman–Crippen LogP) is 2.77. The van der Waals surface area contributed by atoms with Crippen LogP contribution in [-0.4, -0.2) is 24.6 Å². The fourth-order valence-corrected chi connectivity index (χ4v) is 1.63. The highest BCUT2D eigenvalue weighted by atomic mass is 32.2. The fraction of sp³-hybridized carbons (Fsp3) is 1.00. The van der Waals surface area contributed by atoms with Gasteiger partial charge in [0.25, 0.3) is 0 Å². The van der Waals surface area contributed by atoms with Crippen LogP contribution >= 0.6 is 11.8 Å². The van der Waals surface area contributed by atoms with Gasteiger partial charge in [0.1, 0.15) is 0 Å². The van der Waals surface area contributed by atoms with Gasteiger partial charge in [-0.3, -0.25) is 0 Å². The summed E-state index contributed by atoms with van der Waals surface area (Å²) in [5.41, 5.74) is 0. The lowest BCUT2D eigenvalue weighted by Crippen LogP contribution is -2.18. The van der Waals surface area contributed by atoms with Crippen LogP contribution in [0.5, 0.6) is 0 Å². The summed E-state index contributed by atoms with van der Waals surface area (Å²) in [6.07, 6.45) is 2.68. The summed E-state index contributed by atoms with van der Waals surface area (Å²) in [4.78, 5) is 0. The summed E-state index contributed by atoms with van der Waals surface area (Å²) in [6.45, 7) is 9.16. The van der Waals surface area contributed by atoms with Crippen molar-refractivity contribution in [3.63, 3.8) is 0 Å². The van der Waals surface area contributed by atoms with Gasteiger partial charge in [0.2, 0.25) is 0 Å². The van der Waals surface area contributed by atoms with E-state index in [0.29, 0.717) is 0 Å². The largest absolute Gasteiger partial charge is 0.316 e. The van der Waals surface area contributed by atoms with Crippen molar-refractivity contribution < 1.29 is 0 Å². The van der Waals surface area contributed by atoms with Gasteiger partial charge >= 0.3 is 0 Å². The monoisotopic (exact) mass is 189 g/mol. The second-order valence-corrected chi connectivity index (χ2v) is 4.88. The third-order valence-electron chi connectivity index (χ3n) is 1.76. The molecule has 0 amide bonds. The Morgan fingerprint density at radius 3 is 2.58 bits per heavy atom. The molecule has 0 fully saturated rings. The molecule has 1 nitrogen and oxygen atoms in total. The average Bonchev–Trinajstić information content (AvgIpc) is 2.02. The van der Waals surface area contributed by atoms with Crippen LogP contribution in [-0.2, 0) is 0 Å². The molecule has 0 aliphatic carbocycles. The van der Waals surface area contributed by atoms with E-state index in [1.165, 1.54) is 37.4 Å². The minimum atomic E-state index is 0.858. The van der Waals surface area contributed by atoms with E-state index >= 15 is 0 Å². The van der Waals surface area contributed by atoms with Crippen LogP contribution in [0.1, 0.15) is 33.6 Å². The Hall–Kier alpha value is 0.310. The molecule has 0 aromatic carbocycles. The Labute approximate surface area is 81.7 Å². The van der Waals surface area contributed by atoms with Crippen molar-refractivity contribution in [2.75, 3.05) is 24.6 Å². The van der Waals surface area contributed by atoms with E-state index in [1.807, 2.05) is 11.8 Å². The molecule has 0 unspecified atom stereocenters. The lowest BCUT2D eigenvalue weighted by Gasteiger charge is -2.05. The SMILES string of the molecule is CCSCCNCCCC(C)C. The first-order valence-electron chi connectivity index (χ1n) is 5.05. The summed E-state index contributed by atoms with van der Waals surface area (Å²) in [7, 11) is 0. The first-order chi connectivity index (χ1) is 5.77. The van der Waals surface area contributed by atoms with Gasteiger partial charge in [-0.1, -0.05) is 20.8 Å². The van der Waals surface area contributed by atoms with Gasteiger partial charge in [-0.05, 0) is 31.1 Å².